The minimum atomic E-state index is -0.319. The Morgan fingerprint density at radius 2 is 1.58 bits per heavy atom. The van der Waals surface area contributed by atoms with E-state index < -0.39 is 0 Å². The van der Waals surface area contributed by atoms with Gasteiger partial charge in [0.25, 0.3) is 11.8 Å². The monoisotopic (exact) mass is 391 g/mol. The van der Waals surface area contributed by atoms with Gasteiger partial charge in [-0.2, -0.15) is 5.26 Å². The van der Waals surface area contributed by atoms with Crippen LogP contribution >= 0.6 is 23.2 Å². The van der Waals surface area contributed by atoms with Gasteiger partial charge in [-0.15, -0.1) is 0 Å². The Hall–Kier alpha value is -2.59. The molecule has 2 aromatic rings. The molecule has 1 unspecified atom stereocenters. The van der Waals surface area contributed by atoms with Gasteiger partial charge >= 0.3 is 0 Å². The fraction of sp³-hybridized carbons (Fsp3) is 0.167. The van der Waals surface area contributed by atoms with E-state index in [-0.39, 0.29) is 24.9 Å². The predicted octanol–water partition coefficient (Wildman–Crippen LogP) is 1.96. The molecule has 0 saturated heterocycles. The number of anilines is 2. The second-order valence-electron chi connectivity index (χ2n) is 5.72. The van der Waals surface area contributed by atoms with Crippen molar-refractivity contribution in [1.82, 2.24) is 0 Å². The highest BCUT2D eigenvalue weighted by atomic mass is 35.5. The lowest BCUT2D eigenvalue weighted by molar-refractivity contribution is -0.862. The summed E-state index contributed by atoms with van der Waals surface area (Å²) in [5.74, 6) is -0.543. The summed E-state index contributed by atoms with van der Waals surface area (Å²) in [5.41, 5.74) is 1.30. The molecule has 134 valence electrons. The van der Waals surface area contributed by atoms with Crippen LogP contribution in [0.3, 0.4) is 0 Å². The highest BCUT2D eigenvalue weighted by Crippen LogP contribution is 2.20. The maximum atomic E-state index is 12.1. The molecule has 8 heteroatoms. The van der Waals surface area contributed by atoms with Gasteiger partial charge < -0.3 is 15.5 Å². The topological polar surface area (TPSA) is 86.4 Å². The lowest BCUT2D eigenvalue weighted by Gasteiger charge is -2.14. The molecule has 0 saturated carbocycles. The van der Waals surface area contributed by atoms with Crippen LogP contribution in [0, 0.1) is 11.3 Å². The summed E-state index contributed by atoms with van der Waals surface area (Å²) in [5, 5.41) is 15.5. The van der Waals surface area contributed by atoms with Crippen molar-refractivity contribution in [2.24, 2.45) is 0 Å². The third-order valence-corrected chi connectivity index (χ3v) is 3.92. The van der Waals surface area contributed by atoms with Crippen LogP contribution in [-0.4, -0.2) is 32.0 Å². The summed E-state index contributed by atoms with van der Waals surface area (Å²) in [6, 6.07) is 13.4. The Labute approximate surface area is 161 Å². The Bertz CT molecular complexity index is 847. The Morgan fingerprint density at radius 3 is 2.19 bits per heavy atom. The van der Waals surface area contributed by atoms with Gasteiger partial charge in [0.15, 0.2) is 13.1 Å². The van der Waals surface area contributed by atoms with Gasteiger partial charge in [-0.25, -0.2) is 0 Å². The van der Waals surface area contributed by atoms with Gasteiger partial charge in [0, 0.05) is 15.7 Å². The molecule has 0 fully saturated rings. The number of hydrogen-bond donors (Lipinski definition) is 3. The minimum absolute atomic E-state index is 0.0609. The summed E-state index contributed by atoms with van der Waals surface area (Å²) >= 11 is 11.7. The summed E-state index contributed by atoms with van der Waals surface area (Å²) in [6.45, 7) is 0.169. The molecule has 3 N–H and O–H groups in total. The van der Waals surface area contributed by atoms with E-state index in [4.69, 9.17) is 28.5 Å². The van der Waals surface area contributed by atoms with Crippen molar-refractivity contribution >= 4 is 46.4 Å². The molecule has 0 spiro atoms. The van der Waals surface area contributed by atoms with E-state index >= 15 is 0 Å². The smallest absolute Gasteiger partial charge is 0.279 e. The van der Waals surface area contributed by atoms with Crippen molar-refractivity contribution in [2.75, 3.05) is 30.8 Å². The van der Waals surface area contributed by atoms with Crippen molar-refractivity contribution in [3.8, 4) is 6.07 Å². The molecule has 0 aromatic heterocycles. The number of carbonyl (C=O) groups excluding carboxylic acids is 2. The third-order valence-electron chi connectivity index (χ3n) is 3.43. The normalized spacial score (nSPS) is 11.3. The fourth-order valence-electron chi connectivity index (χ4n) is 2.26. The van der Waals surface area contributed by atoms with E-state index in [0.29, 0.717) is 31.9 Å². The van der Waals surface area contributed by atoms with Crippen molar-refractivity contribution in [2.45, 2.75) is 0 Å². The zero-order valence-corrected chi connectivity index (χ0v) is 15.5. The average Bonchev–Trinajstić information content (AvgIpc) is 2.56. The van der Waals surface area contributed by atoms with E-state index in [9.17, 15) is 9.59 Å². The second-order valence-corrected chi connectivity index (χ2v) is 6.59. The Balaban J connectivity index is 1.87. The molecule has 0 aliphatic rings. The second kappa shape index (κ2) is 9.20. The summed E-state index contributed by atoms with van der Waals surface area (Å²) in [4.78, 5) is 24.9. The first-order valence-electron chi connectivity index (χ1n) is 7.73. The number of halogens is 2. The number of quaternary nitrogens is 1. The summed E-state index contributed by atoms with van der Waals surface area (Å²) in [7, 11) is 1.73. The Kier molecular flexibility index (Phi) is 6.98. The Morgan fingerprint density at radius 1 is 1.00 bits per heavy atom. The number of rotatable bonds is 6. The SMILES string of the molecule is C[NH+](CC(=O)Nc1ccc(Cl)cc1)CC(=O)Nc1cc(Cl)ccc1C#N. The number of amides is 2. The molecular formula is C18H17Cl2N4O2+. The van der Waals surface area contributed by atoms with Gasteiger partial charge in [-0.05, 0) is 42.5 Å². The van der Waals surface area contributed by atoms with E-state index in [1.807, 2.05) is 6.07 Å². The van der Waals surface area contributed by atoms with Crippen LogP contribution in [-0.2, 0) is 9.59 Å². The molecular weight excluding hydrogens is 375 g/mol. The lowest BCUT2D eigenvalue weighted by atomic mass is 10.2. The molecule has 6 nitrogen and oxygen atoms in total. The number of nitriles is 1. The van der Waals surface area contributed by atoms with Crippen LogP contribution in [0.5, 0.6) is 0 Å². The summed E-state index contributed by atoms with van der Waals surface area (Å²) in [6.07, 6.45) is 0. The maximum Gasteiger partial charge on any atom is 0.279 e. The van der Waals surface area contributed by atoms with Crippen LogP contribution in [0.15, 0.2) is 42.5 Å². The number of hydrogen-bond acceptors (Lipinski definition) is 3. The lowest BCUT2D eigenvalue weighted by Crippen LogP contribution is -3.11. The van der Waals surface area contributed by atoms with Crippen LogP contribution in [0.25, 0.3) is 0 Å². The molecule has 0 bridgehead atoms. The molecule has 26 heavy (non-hydrogen) atoms. The largest absolute Gasteiger partial charge is 0.322 e. The standard InChI is InChI=1S/C18H16Cl2N4O2/c1-24(10-17(25)22-15-6-4-13(19)5-7-15)11-18(26)23-16-8-14(20)3-2-12(16)9-21/h2-8H,10-11H2,1H3,(H,22,25)(H,23,26)/p+1. The van der Waals surface area contributed by atoms with Gasteiger partial charge in [-0.1, -0.05) is 23.2 Å². The zero-order chi connectivity index (χ0) is 19.1. The maximum absolute atomic E-state index is 12.1. The molecule has 1 atom stereocenters. The predicted molar refractivity (Wildman–Crippen MR) is 101 cm³/mol. The van der Waals surface area contributed by atoms with Gasteiger partial charge in [0.05, 0.1) is 18.3 Å². The van der Waals surface area contributed by atoms with Crippen molar-refractivity contribution in [3.05, 3.63) is 58.1 Å². The number of nitrogens with zero attached hydrogens (tertiary/aromatic N) is 1. The van der Waals surface area contributed by atoms with E-state index in [2.05, 4.69) is 10.6 Å². The van der Waals surface area contributed by atoms with Gasteiger partial charge in [0.2, 0.25) is 0 Å². The number of benzene rings is 2. The van der Waals surface area contributed by atoms with Crippen LogP contribution in [0.1, 0.15) is 5.56 Å². The zero-order valence-electron chi connectivity index (χ0n) is 14.0. The molecule has 2 amide bonds. The number of carbonyl (C=O) groups is 2. The molecule has 0 heterocycles. The average molecular weight is 392 g/mol. The minimum Gasteiger partial charge on any atom is -0.322 e. The van der Waals surface area contributed by atoms with E-state index in [0.717, 1.165) is 0 Å². The summed E-state index contributed by atoms with van der Waals surface area (Å²) < 4.78 is 0. The van der Waals surface area contributed by atoms with Gasteiger partial charge in [0.1, 0.15) is 6.07 Å². The van der Waals surface area contributed by atoms with Gasteiger partial charge in [-0.3, -0.25) is 9.59 Å². The van der Waals surface area contributed by atoms with Crippen molar-refractivity contribution in [1.29, 1.82) is 5.26 Å². The highest BCUT2D eigenvalue weighted by molar-refractivity contribution is 6.31. The third kappa shape index (κ3) is 6.05. The van der Waals surface area contributed by atoms with Crippen molar-refractivity contribution < 1.29 is 14.5 Å². The highest BCUT2D eigenvalue weighted by Gasteiger charge is 2.16. The molecule has 2 aromatic carbocycles. The van der Waals surface area contributed by atoms with Crippen LogP contribution < -0.4 is 15.5 Å². The quantitative estimate of drug-likeness (QED) is 0.703. The first-order valence-corrected chi connectivity index (χ1v) is 8.49. The van der Waals surface area contributed by atoms with Crippen LogP contribution in [0.2, 0.25) is 10.0 Å². The van der Waals surface area contributed by atoms with Crippen molar-refractivity contribution in [3.63, 3.8) is 0 Å². The first kappa shape index (κ1) is 19.7. The van der Waals surface area contributed by atoms with E-state index in [1.54, 1.807) is 37.4 Å². The first-order chi connectivity index (χ1) is 12.4. The van der Waals surface area contributed by atoms with E-state index in [1.165, 1.54) is 12.1 Å². The molecule has 0 aliphatic carbocycles. The number of likely N-dealkylation sites (N-methyl/N-ethyl adjacent to an activating group) is 1. The number of nitrogens with one attached hydrogen (secondary N) is 3. The molecule has 0 radical (unpaired) electrons. The fourth-order valence-corrected chi connectivity index (χ4v) is 2.56. The molecule has 0 aliphatic heterocycles. The van der Waals surface area contributed by atoms with Crippen LogP contribution in [0.4, 0.5) is 11.4 Å². The molecule has 2 rings (SSSR count).